The molecule has 0 saturated heterocycles. The molecule has 118 valence electrons. The number of aromatic hydroxyl groups is 2. The van der Waals surface area contributed by atoms with Gasteiger partial charge in [0.1, 0.15) is 11.4 Å². The Bertz CT molecular complexity index is 837. The molecule has 0 saturated carbocycles. The summed E-state index contributed by atoms with van der Waals surface area (Å²) in [6.45, 7) is 0. The van der Waals surface area contributed by atoms with Crippen molar-refractivity contribution in [2.75, 3.05) is 0 Å². The maximum Gasteiger partial charge on any atom is 0.312 e. The molecule has 23 heavy (non-hydrogen) atoms. The average Bonchev–Trinajstić information content (AvgIpc) is 2.48. The minimum atomic E-state index is -0.762. The van der Waals surface area contributed by atoms with Gasteiger partial charge in [-0.1, -0.05) is 15.9 Å². The van der Waals surface area contributed by atoms with Gasteiger partial charge in [-0.2, -0.15) is 0 Å². The van der Waals surface area contributed by atoms with E-state index in [9.17, 15) is 30.4 Å². The summed E-state index contributed by atoms with van der Waals surface area (Å²) in [7, 11) is 0. The second-order valence-corrected chi connectivity index (χ2v) is 5.22. The molecule has 2 N–H and O–H groups in total. The average molecular weight is 382 g/mol. The zero-order valence-corrected chi connectivity index (χ0v) is 12.8. The highest BCUT2D eigenvalue weighted by Gasteiger charge is 2.18. The number of aliphatic imine (C=N–C) groups is 1. The zero-order chi connectivity index (χ0) is 17.1. The minimum Gasteiger partial charge on any atom is -0.506 e. The number of hydrogen-bond donors (Lipinski definition) is 2. The van der Waals surface area contributed by atoms with Gasteiger partial charge in [-0.25, -0.2) is 0 Å². The number of nitro benzene ring substituents is 2. The number of halogens is 1. The number of rotatable bonds is 4. The molecule has 0 spiro atoms. The Kier molecular flexibility index (Phi) is 4.55. The van der Waals surface area contributed by atoms with Crippen LogP contribution < -0.4 is 0 Å². The van der Waals surface area contributed by atoms with Gasteiger partial charge >= 0.3 is 5.69 Å². The molecule has 0 radical (unpaired) electrons. The Morgan fingerprint density at radius 2 is 1.78 bits per heavy atom. The molecule has 0 aliphatic rings. The number of phenols is 2. The van der Waals surface area contributed by atoms with Crippen LogP contribution in [0.15, 0.2) is 39.8 Å². The van der Waals surface area contributed by atoms with Gasteiger partial charge < -0.3 is 10.2 Å². The van der Waals surface area contributed by atoms with Gasteiger partial charge in [0.15, 0.2) is 0 Å². The van der Waals surface area contributed by atoms with Crippen LogP contribution in [0.25, 0.3) is 0 Å². The van der Waals surface area contributed by atoms with Crippen LogP contribution in [0.4, 0.5) is 17.1 Å². The van der Waals surface area contributed by atoms with Gasteiger partial charge in [-0.3, -0.25) is 25.2 Å². The zero-order valence-electron chi connectivity index (χ0n) is 11.2. The number of nitro groups is 2. The molecule has 0 bridgehead atoms. The summed E-state index contributed by atoms with van der Waals surface area (Å²) in [5.74, 6) is -0.914. The van der Waals surface area contributed by atoms with Gasteiger partial charge in [0.25, 0.3) is 5.69 Å². The second kappa shape index (κ2) is 6.40. The van der Waals surface area contributed by atoms with E-state index in [-0.39, 0.29) is 22.7 Å². The van der Waals surface area contributed by atoms with Crippen LogP contribution in [-0.4, -0.2) is 26.3 Å². The lowest BCUT2D eigenvalue weighted by molar-refractivity contribution is -0.386. The van der Waals surface area contributed by atoms with E-state index in [1.54, 1.807) is 0 Å². The second-order valence-electron chi connectivity index (χ2n) is 4.31. The first-order valence-electron chi connectivity index (χ1n) is 5.98. The Hall–Kier alpha value is -3.01. The maximum absolute atomic E-state index is 10.8. The van der Waals surface area contributed by atoms with E-state index in [4.69, 9.17) is 0 Å². The highest BCUT2D eigenvalue weighted by atomic mass is 79.9. The first-order valence-corrected chi connectivity index (χ1v) is 6.77. The molecule has 9 nitrogen and oxygen atoms in total. The van der Waals surface area contributed by atoms with E-state index in [0.717, 1.165) is 30.5 Å². The van der Waals surface area contributed by atoms with Crippen LogP contribution >= 0.6 is 15.9 Å². The molecule has 2 aromatic rings. The number of phenolic OH excluding ortho intramolecular Hbond substituents is 2. The number of hydrogen-bond acceptors (Lipinski definition) is 7. The van der Waals surface area contributed by atoms with Crippen LogP contribution in [0.3, 0.4) is 0 Å². The Balaban J connectivity index is 2.47. The van der Waals surface area contributed by atoms with Crippen molar-refractivity contribution in [2.45, 2.75) is 0 Å². The van der Waals surface area contributed by atoms with Crippen LogP contribution in [0.2, 0.25) is 0 Å². The first kappa shape index (κ1) is 16.4. The van der Waals surface area contributed by atoms with Gasteiger partial charge in [0.2, 0.25) is 5.75 Å². The predicted octanol–water partition coefficient (Wildman–Crippen LogP) is 3.43. The van der Waals surface area contributed by atoms with Crippen LogP contribution in [-0.2, 0) is 0 Å². The summed E-state index contributed by atoms with van der Waals surface area (Å²) >= 11 is 3.07. The molecule has 0 aliphatic carbocycles. The quantitative estimate of drug-likeness (QED) is 0.472. The molecule has 0 unspecified atom stereocenters. The Morgan fingerprint density at radius 3 is 2.39 bits per heavy atom. The molecule has 0 fully saturated rings. The van der Waals surface area contributed by atoms with E-state index in [1.165, 1.54) is 6.07 Å². The monoisotopic (exact) mass is 381 g/mol. The molecule has 0 heterocycles. The van der Waals surface area contributed by atoms with E-state index in [1.807, 2.05) is 0 Å². The molecule has 0 aliphatic heterocycles. The Labute approximate surface area is 137 Å². The molecule has 10 heteroatoms. The van der Waals surface area contributed by atoms with Crippen molar-refractivity contribution in [3.05, 3.63) is 60.6 Å². The number of non-ortho nitro benzene ring substituents is 1. The summed E-state index contributed by atoms with van der Waals surface area (Å²) < 4.78 is 0.340. The lowest BCUT2D eigenvalue weighted by atomic mass is 10.2. The summed E-state index contributed by atoms with van der Waals surface area (Å²) in [5.41, 5.74) is -0.901. The van der Waals surface area contributed by atoms with Gasteiger partial charge in [0, 0.05) is 34.4 Å². The molecule has 2 aromatic carbocycles. The standard InChI is InChI=1S/C13H8BrN3O6/c14-8-3-7(13(19)11(4-8)17(22)23)6-15-10-5-9(16(20)21)1-2-12(10)18/h1-6,18-19H. The third-order valence-electron chi connectivity index (χ3n) is 2.79. The molecular formula is C13H8BrN3O6. The fraction of sp³-hybridized carbons (Fsp3) is 0. The lowest BCUT2D eigenvalue weighted by Crippen LogP contribution is -1.92. The topological polar surface area (TPSA) is 139 Å². The molecule has 0 atom stereocenters. The smallest absolute Gasteiger partial charge is 0.312 e. The van der Waals surface area contributed by atoms with Crippen LogP contribution in [0, 0.1) is 20.2 Å². The summed E-state index contributed by atoms with van der Waals surface area (Å²) in [5, 5.41) is 41.0. The van der Waals surface area contributed by atoms with Crippen LogP contribution in [0.5, 0.6) is 11.5 Å². The fourth-order valence-corrected chi connectivity index (χ4v) is 2.17. The van der Waals surface area contributed by atoms with E-state index < -0.39 is 21.3 Å². The summed E-state index contributed by atoms with van der Waals surface area (Å²) in [6, 6.07) is 5.75. The lowest BCUT2D eigenvalue weighted by Gasteiger charge is -2.02. The highest BCUT2D eigenvalue weighted by molar-refractivity contribution is 9.10. The van der Waals surface area contributed by atoms with Crippen molar-refractivity contribution in [1.82, 2.24) is 0 Å². The van der Waals surface area contributed by atoms with Crippen LogP contribution in [0.1, 0.15) is 5.56 Å². The van der Waals surface area contributed by atoms with E-state index in [2.05, 4.69) is 20.9 Å². The van der Waals surface area contributed by atoms with E-state index >= 15 is 0 Å². The molecule has 0 aromatic heterocycles. The third-order valence-corrected chi connectivity index (χ3v) is 3.25. The van der Waals surface area contributed by atoms with Crippen molar-refractivity contribution in [2.24, 2.45) is 4.99 Å². The highest BCUT2D eigenvalue weighted by Crippen LogP contribution is 2.34. The number of benzene rings is 2. The molecular weight excluding hydrogens is 374 g/mol. The third kappa shape index (κ3) is 3.61. The summed E-state index contributed by atoms with van der Waals surface area (Å²) in [6.07, 6.45) is 1.06. The summed E-state index contributed by atoms with van der Waals surface area (Å²) in [4.78, 5) is 24.0. The molecule has 0 amide bonds. The van der Waals surface area contributed by atoms with Crippen molar-refractivity contribution >= 4 is 39.2 Å². The van der Waals surface area contributed by atoms with Crippen molar-refractivity contribution in [3.8, 4) is 11.5 Å². The minimum absolute atomic E-state index is 0.0111. The van der Waals surface area contributed by atoms with Gasteiger partial charge in [-0.15, -0.1) is 0 Å². The number of nitrogens with zero attached hydrogens (tertiary/aromatic N) is 3. The van der Waals surface area contributed by atoms with Gasteiger partial charge in [-0.05, 0) is 12.1 Å². The van der Waals surface area contributed by atoms with Crippen molar-refractivity contribution in [1.29, 1.82) is 0 Å². The molecule has 2 rings (SSSR count). The predicted molar refractivity (Wildman–Crippen MR) is 84.5 cm³/mol. The normalized spacial score (nSPS) is 10.8. The van der Waals surface area contributed by atoms with Gasteiger partial charge in [0.05, 0.1) is 9.85 Å². The van der Waals surface area contributed by atoms with E-state index in [0.29, 0.717) is 4.47 Å². The first-order chi connectivity index (χ1) is 10.8. The van der Waals surface area contributed by atoms with Crippen molar-refractivity contribution in [3.63, 3.8) is 0 Å². The Morgan fingerprint density at radius 1 is 1.09 bits per heavy atom. The fourth-order valence-electron chi connectivity index (χ4n) is 1.71. The SMILES string of the molecule is O=[N+]([O-])c1ccc(O)c(N=Cc2cc(Br)cc([N+](=O)[O-])c2O)c1. The van der Waals surface area contributed by atoms with Crippen molar-refractivity contribution < 1.29 is 20.1 Å². The maximum atomic E-state index is 10.8. The largest absolute Gasteiger partial charge is 0.506 e.